The maximum Gasteiger partial charge on any atom is 0.328 e. The van der Waals surface area contributed by atoms with Crippen molar-refractivity contribution in [2.24, 2.45) is 0 Å². The van der Waals surface area contributed by atoms with E-state index in [9.17, 15) is 9.59 Å². The number of unbranched alkanes of at least 4 members (excludes halogenated alkanes) is 1. The summed E-state index contributed by atoms with van der Waals surface area (Å²) in [6.07, 6.45) is 5.77. The molecule has 130 valence electrons. The molecule has 0 bridgehead atoms. The van der Waals surface area contributed by atoms with Crippen molar-refractivity contribution in [1.82, 2.24) is 14.5 Å². The van der Waals surface area contributed by atoms with E-state index < -0.39 is 11.2 Å². The Balaban J connectivity index is 1.76. The van der Waals surface area contributed by atoms with Crippen LogP contribution in [0.25, 0.3) is 10.9 Å². The highest BCUT2D eigenvalue weighted by atomic mass is 35.5. The van der Waals surface area contributed by atoms with Crippen molar-refractivity contribution in [1.29, 1.82) is 0 Å². The molecule has 0 unspecified atom stereocenters. The van der Waals surface area contributed by atoms with Crippen LogP contribution in [0.2, 0.25) is 10.0 Å². The molecular formula is C17H21Cl2N3O2. The fourth-order valence-electron chi connectivity index (χ4n) is 3.34. The van der Waals surface area contributed by atoms with E-state index >= 15 is 0 Å². The van der Waals surface area contributed by atoms with Crippen molar-refractivity contribution in [3.05, 3.63) is 43.0 Å². The maximum atomic E-state index is 12.2. The third-order valence-electron chi connectivity index (χ3n) is 4.57. The fraction of sp³-hybridized carbons (Fsp3) is 0.529. The molecule has 0 atom stereocenters. The zero-order chi connectivity index (χ0) is 17.1. The van der Waals surface area contributed by atoms with Crippen molar-refractivity contribution in [2.45, 2.75) is 38.6 Å². The zero-order valence-electron chi connectivity index (χ0n) is 13.5. The van der Waals surface area contributed by atoms with Gasteiger partial charge < -0.3 is 4.90 Å². The average Bonchev–Trinajstić information content (AvgIpc) is 2.54. The molecule has 1 aliphatic heterocycles. The predicted molar refractivity (Wildman–Crippen MR) is 98.4 cm³/mol. The molecule has 7 heteroatoms. The third kappa shape index (κ3) is 3.85. The summed E-state index contributed by atoms with van der Waals surface area (Å²) in [7, 11) is 0. The van der Waals surface area contributed by atoms with Crippen LogP contribution in [0, 0.1) is 0 Å². The Morgan fingerprint density at radius 2 is 1.71 bits per heavy atom. The standard InChI is InChI=1S/C17H21Cl2N3O2/c18-12-10-13(19)15-14(11-12)22(17(24)20-16(15)23)9-5-4-8-21-6-2-1-3-7-21/h10-11H,1-9H2,(H,20,23,24). The van der Waals surface area contributed by atoms with E-state index in [1.165, 1.54) is 38.4 Å². The number of aromatic amines is 1. The van der Waals surface area contributed by atoms with E-state index in [4.69, 9.17) is 23.2 Å². The summed E-state index contributed by atoms with van der Waals surface area (Å²) in [5, 5.41) is 0.997. The normalized spacial score (nSPS) is 15.9. The molecule has 5 nitrogen and oxygen atoms in total. The van der Waals surface area contributed by atoms with Gasteiger partial charge in [-0.1, -0.05) is 29.6 Å². The fourth-order valence-corrected chi connectivity index (χ4v) is 3.91. The predicted octanol–water partition coefficient (Wildman–Crippen LogP) is 3.26. The number of likely N-dealkylation sites (tertiary alicyclic amines) is 1. The number of piperidine rings is 1. The van der Waals surface area contributed by atoms with Crippen LogP contribution in [-0.4, -0.2) is 34.1 Å². The van der Waals surface area contributed by atoms with Crippen molar-refractivity contribution in [3.8, 4) is 0 Å². The van der Waals surface area contributed by atoms with E-state index in [1.807, 2.05) is 0 Å². The SMILES string of the molecule is O=c1[nH]c(=O)n(CCCCN2CCCCC2)c2cc(Cl)cc(Cl)c12. The van der Waals surface area contributed by atoms with E-state index in [-0.39, 0.29) is 5.02 Å². The highest BCUT2D eigenvalue weighted by Gasteiger charge is 2.13. The second-order valence-corrected chi connectivity index (χ2v) is 7.15. The number of H-pyrrole nitrogens is 1. The summed E-state index contributed by atoms with van der Waals surface area (Å²) in [6.45, 7) is 3.94. The summed E-state index contributed by atoms with van der Waals surface area (Å²) in [5.41, 5.74) is -0.385. The maximum absolute atomic E-state index is 12.2. The molecule has 0 radical (unpaired) electrons. The second kappa shape index (κ2) is 7.72. The van der Waals surface area contributed by atoms with Crippen LogP contribution in [0.4, 0.5) is 0 Å². The molecule has 1 fully saturated rings. The number of nitrogens with zero attached hydrogens (tertiary/aromatic N) is 2. The first-order chi connectivity index (χ1) is 11.6. The lowest BCUT2D eigenvalue weighted by Crippen LogP contribution is -2.32. The molecule has 1 aliphatic rings. The van der Waals surface area contributed by atoms with Crippen molar-refractivity contribution < 1.29 is 0 Å². The number of benzene rings is 1. The number of hydrogen-bond acceptors (Lipinski definition) is 3. The van der Waals surface area contributed by atoms with Gasteiger partial charge in [-0.3, -0.25) is 14.3 Å². The first-order valence-electron chi connectivity index (χ1n) is 8.40. The summed E-state index contributed by atoms with van der Waals surface area (Å²) in [4.78, 5) is 29.0. The van der Waals surface area contributed by atoms with Crippen molar-refractivity contribution in [2.75, 3.05) is 19.6 Å². The van der Waals surface area contributed by atoms with E-state index in [0.29, 0.717) is 22.5 Å². The van der Waals surface area contributed by atoms with Gasteiger partial charge in [0.1, 0.15) is 0 Å². The van der Waals surface area contributed by atoms with Crippen LogP contribution in [-0.2, 0) is 6.54 Å². The Morgan fingerprint density at radius 3 is 2.46 bits per heavy atom. The molecule has 24 heavy (non-hydrogen) atoms. The first-order valence-corrected chi connectivity index (χ1v) is 9.16. The first kappa shape index (κ1) is 17.5. The number of nitrogens with one attached hydrogen (secondary N) is 1. The van der Waals surface area contributed by atoms with Gasteiger partial charge in [0.15, 0.2) is 0 Å². The van der Waals surface area contributed by atoms with E-state index in [1.54, 1.807) is 10.6 Å². The largest absolute Gasteiger partial charge is 0.328 e. The minimum atomic E-state index is -0.471. The van der Waals surface area contributed by atoms with Crippen molar-refractivity contribution >= 4 is 34.1 Å². The zero-order valence-corrected chi connectivity index (χ0v) is 15.0. The Hall–Kier alpha value is -1.30. The lowest BCUT2D eigenvalue weighted by Gasteiger charge is -2.26. The van der Waals surface area contributed by atoms with E-state index in [2.05, 4.69) is 9.88 Å². The smallest absolute Gasteiger partial charge is 0.303 e. The van der Waals surface area contributed by atoms with Gasteiger partial charge >= 0.3 is 5.69 Å². The molecular weight excluding hydrogens is 349 g/mol. The van der Waals surface area contributed by atoms with Gasteiger partial charge in [-0.25, -0.2) is 4.79 Å². The molecule has 1 aromatic carbocycles. The van der Waals surface area contributed by atoms with Crippen LogP contribution in [0.1, 0.15) is 32.1 Å². The molecule has 2 aromatic rings. The monoisotopic (exact) mass is 369 g/mol. The molecule has 0 amide bonds. The van der Waals surface area contributed by atoms with E-state index in [0.717, 1.165) is 19.4 Å². The highest BCUT2D eigenvalue weighted by molar-refractivity contribution is 6.38. The third-order valence-corrected chi connectivity index (χ3v) is 5.09. The molecule has 1 aromatic heterocycles. The lowest BCUT2D eigenvalue weighted by atomic mass is 10.1. The molecule has 2 heterocycles. The Kier molecular flexibility index (Phi) is 5.64. The minimum Gasteiger partial charge on any atom is -0.303 e. The summed E-state index contributed by atoms with van der Waals surface area (Å²) in [6, 6.07) is 3.15. The van der Waals surface area contributed by atoms with Crippen LogP contribution in [0.3, 0.4) is 0 Å². The summed E-state index contributed by atoms with van der Waals surface area (Å²) < 4.78 is 1.56. The van der Waals surface area contributed by atoms with Gasteiger partial charge in [-0.2, -0.15) is 0 Å². The number of hydrogen-bond donors (Lipinski definition) is 1. The molecule has 1 saturated heterocycles. The number of rotatable bonds is 5. The Morgan fingerprint density at radius 1 is 1.00 bits per heavy atom. The van der Waals surface area contributed by atoms with Crippen LogP contribution in [0.5, 0.6) is 0 Å². The number of aryl methyl sites for hydroxylation is 1. The van der Waals surface area contributed by atoms with Gasteiger partial charge in [0.2, 0.25) is 0 Å². The number of halogens is 2. The van der Waals surface area contributed by atoms with Gasteiger partial charge in [0.25, 0.3) is 5.56 Å². The molecule has 1 N–H and O–H groups in total. The lowest BCUT2D eigenvalue weighted by molar-refractivity contribution is 0.223. The Bertz CT molecular complexity index is 838. The number of fused-ring (bicyclic) bond motifs is 1. The number of aromatic nitrogens is 2. The second-order valence-electron chi connectivity index (χ2n) is 6.30. The minimum absolute atomic E-state index is 0.265. The van der Waals surface area contributed by atoms with Crippen LogP contribution in [0.15, 0.2) is 21.7 Å². The molecule has 0 aliphatic carbocycles. The summed E-state index contributed by atoms with van der Waals surface area (Å²) in [5.74, 6) is 0. The topological polar surface area (TPSA) is 58.1 Å². The van der Waals surface area contributed by atoms with Gasteiger partial charge in [0.05, 0.1) is 15.9 Å². The van der Waals surface area contributed by atoms with Gasteiger partial charge in [-0.15, -0.1) is 0 Å². The quantitative estimate of drug-likeness (QED) is 0.822. The highest BCUT2D eigenvalue weighted by Crippen LogP contribution is 2.24. The molecule has 3 rings (SSSR count). The molecule has 0 spiro atoms. The van der Waals surface area contributed by atoms with Crippen LogP contribution < -0.4 is 11.2 Å². The average molecular weight is 370 g/mol. The van der Waals surface area contributed by atoms with Crippen molar-refractivity contribution in [3.63, 3.8) is 0 Å². The van der Waals surface area contributed by atoms with Gasteiger partial charge in [0, 0.05) is 11.6 Å². The molecule has 0 saturated carbocycles. The summed E-state index contributed by atoms with van der Waals surface area (Å²) >= 11 is 12.2. The van der Waals surface area contributed by atoms with Crippen LogP contribution >= 0.6 is 23.2 Å². The van der Waals surface area contributed by atoms with Gasteiger partial charge in [-0.05, 0) is 57.5 Å². The Labute approximate surface area is 150 Å².